The molecular formula is C18H27BrN2. The topological polar surface area (TPSA) is 15.3 Å². The van der Waals surface area contributed by atoms with Gasteiger partial charge >= 0.3 is 0 Å². The predicted octanol–water partition coefficient (Wildman–Crippen LogP) is 4.05. The summed E-state index contributed by atoms with van der Waals surface area (Å²) in [6.07, 6.45) is 2.84. The number of benzene rings is 1. The Morgan fingerprint density at radius 2 is 2.05 bits per heavy atom. The van der Waals surface area contributed by atoms with Gasteiger partial charge in [0, 0.05) is 36.2 Å². The van der Waals surface area contributed by atoms with Crippen molar-refractivity contribution in [2.75, 3.05) is 13.1 Å². The number of nitrogens with one attached hydrogen (secondary N) is 1. The highest BCUT2D eigenvalue weighted by Gasteiger charge is 2.41. The second-order valence-electron chi connectivity index (χ2n) is 7.79. The van der Waals surface area contributed by atoms with Gasteiger partial charge in [-0.05, 0) is 41.9 Å². The molecule has 1 aliphatic heterocycles. The lowest BCUT2D eigenvalue weighted by Gasteiger charge is -2.45. The first-order valence-electron chi connectivity index (χ1n) is 8.15. The van der Waals surface area contributed by atoms with E-state index in [4.69, 9.17) is 0 Å². The van der Waals surface area contributed by atoms with Gasteiger partial charge in [-0.3, -0.25) is 4.90 Å². The smallest absolute Gasteiger partial charge is 0.0253 e. The van der Waals surface area contributed by atoms with Crippen LogP contribution >= 0.6 is 15.9 Å². The fourth-order valence-corrected chi connectivity index (χ4v) is 3.85. The van der Waals surface area contributed by atoms with E-state index in [0.29, 0.717) is 11.5 Å². The third kappa shape index (κ3) is 3.88. The molecule has 0 radical (unpaired) electrons. The monoisotopic (exact) mass is 350 g/mol. The first kappa shape index (κ1) is 15.5. The van der Waals surface area contributed by atoms with Crippen LogP contribution in [0.4, 0.5) is 0 Å². The van der Waals surface area contributed by atoms with Crippen LogP contribution in [0.15, 0.2) is 28.7 Å². The number of hydrogen-bond acceptors (Lipinski definition) is 2. The minimum absolute atomic E-state index is 0.323. The van der Waals surface area contributed by atoms with E-state index >= 15 is 0 Å². The van der Waals surface area contributed by atoms with Crippen LogP contribution in [0.3, 0.4) is 0 Å². The molecule has 2 unspecified atom stereocenters. The Labute approximate surface area is 137 Å². The molecule has 1 heterocycles. The first-order chi connectivity index (χ1) is 9.93. The van der Waals surface area contributed by atoms with E-state index in [0.717, 1.165) is 31.6 Å². The van der Waals surface area contributed by atoms with E-state index in [-0.39, 0.29) is 0 Å². The minimum Gasteiger partial charge on any atom is -0.311 e. The van der Waals surface area contributed by atoms with Gasteiger partial charge in [-0.25, -0.2) is 0 Å². The molecule has 21 heavy (non-hydrogen) atoms. The van der Waals surface area contributed by atoms with E-state index in [1.54, 1.807) is 0 Å². The SMILES string of the molecule is CC(C)(C)C1CN(Cc2cccc(Br)c2)C(C2CC2)CN1. The Morgan fingerprint density at radius 1 is 1.29 bits per heavy atom. The summed E-state index contributed by atoms with van der Waals surface area (Å²) in [5, 5.41) is 3.81. The van der Waals surface area contributed by atoms with Crippen LogP contribution in [-0.4, -0.2) is 30.1 Å². The van der Waals surface area contributed by atoms with Gasteiger partial charge in [0.2, 0.25) is 0 Å². The van der Waals surface area contributed by atoms with E-state index in [9.17, 15) is 0 Å². The van der Waals surface area contributed by atoms with Gasteiger partial charge in [-0.1, -0.05) is 48.8 Å². The summed E-state index contributed by atoms with van der Waals surface area (Å²) in [4.78, 5) is 2.73. The van der Waals surface area contributed by atoms with Crippen molar-refractivity contribution in [2.45, 2.75) is 52.2 Å². The zero-order valence-corrected chi connectivity index (χ0v) is 15.0. The van der Waals surface area contributed by atoms with Crippen LogP contribution < -0.4 is 5.32 Å². The van der Waals surface area contributed by atoms with Crippen LogP contribution in [-0.2, 0) is 6.54 Å². The molecule has 3 heteroatoms. The second-order valence-corrected chi connectivity index (χ2v) is 8.71. The summed E-state index contributed by atoms with van der Waals surface area (Å²) >= 11 is 3.60. The predicted molar refractivity (Wildman–Crippen MR) is 92.3 cm³/mol. The molecule has 0 amide bonds. The van der Waals surface area contributed by atoms with E-state index in [1.165, 1.54) is 22.9 Å². The van der Waals surface area contributed by atoms with Crippen molar-refractivity contribution in [3.8, 4) is 0 Å². The molecule has 3 rings (SSSR count). The van der Waals surface area contributed by atoms with Crippen LogP contribution in [0.1, 0.15) is 39.2 Å². The molecule has 1 aliphatic carbocycles. The molecule has 1 N–H and O–H groups in total. The minimum atomic E-state index is 0.323. The summed E-state index contributed by atoms with van der Waals surface area (Å²) in [7, 11) is 0. The molecule has 1 saturated carbocycles. The Morgan fingerprint density at radius 3 is 2.67 bits per heavy atom. The van der Waals surface area contributed by atoms with E-state index < -0.39 is 0 Å². The maximum atomic E-state index is 3.81. The van der Waals surface area contributed by atoms with Crippen molar-refractivity contribution in [2.24, 2.45) is 11.3 Å². The zero-order chi connectivity index (χ0) is 15.0. The fraction of sp³-hybridized carbons (Fsp3) is 0.667. The Kier molecular flexibility index (Phi) is 4.45. The zero-order valence-electron chi connectivity index (χ0n) is 13.4. The molecule has 0 aromatic heterocycles. The number of nitrogens with zero attached hydrogens (tertiary/aromatic N) is 1. The quantitative estimate of drug-likeness (QED) is 0.884. The summed E-state index contributed by atoms with van der Waals surface area (Å²) in [5.74, 6) is 0.922. The summed E-state index contributed by atoms with van der Waals surface area (Å²) in [6.45, 7) is 10.4. The molecule has 1 aromatic carbocycles. The first-order valence-corrected chi connectivity index (χ1v) is 8.94. The summed E-state index contributed by atoms with van der Waals surface area (Å²) < 4.78 is 1.19. The van der Waals surface area contributed by atoms with Crippen molar-refractivity contribution in [3.63, 3.8) is 0 Å². The van der Waals surface area contributed by atoms with Gasteiger partial charge < -0.3 is 5.32 Å². The average Bonchev–Trinajstić information content (AvgIpc) is 3.22. The Bertz CT molecular complexity index is 490. The standard InChI is InChI=1S/C18H27BrN2/c1-18(2,3)17-12-21(16(10-20-17)14-7-8-14)11-13-5-4-6-15(19)9-13/h4-6,9,14,16-17,20H,7-8,10-12H2,1-3H3. The molecule has 2 atom stereocenters. The van der Waals surface area contributed by atoms with Gasteiger partial charge in [-0.2, -0.15) is 0 Å². The van der Waals surface area contributed by atoms with Crippen molar-refractivity contribution < 1.29 is 0 Å². The maximum absolute atomic E-state index is 3.81. The molecule has 1 saturated heterocycles. The molecular weight excluding hydrogens is 324 g/mol. The fourth-order valence-electron chi connectivity index (χ4n) is 3.40. The Hall–Kier alpha value is -0.380. The van der Waals surface area contributed by atoms with Crippen molar-refractivity contribution in [3.05, 3.63) is 34.3 Å². The maximum Gasteiger partial charge on any atom is 0.0253 e. The lowest BCUT2D eigenvalue weighted by molar-refractivity contribution is 0.0688. The molecule has 1 aromatic rings. The van der Waals surface area contributed by atoms with Gasteiger partial charge in [0.1, 0.15) is 0 Å². The van der Waals surface area contributed by atoms with Crippen molar-refractivity contribution in [1.82, 2.24) is 10.2 Å². The number of halogens is 1. The van der Waals surface area contributed by atoms with Gasteiger partial charge in [0.25, 0.3) is 0 Å². The largest absolute Gasteiger partial charge is 0.311 e. The number of hydrogen-bond donors (Lipinski definition) is 1. The molecule has 2 nitrogen and oxygen atoms in total. The lowest BCUT2D eigenvalue weighted by Crippen LogP contribution is -2.60. The highest BCUT2D eigenvalue weighted by molar-refractivity contribution is 9.10. The molecule has 116 valence electrons. The van der Waals surface area contributed by atoms with Gasteiger partial charge in [0.15, 0.2) is 0 Å². The summed E-state index contributed by atoms with van der Waals surface area (Å²) in [6, 6.07) is 10.1. The van der Waals surface area contributed by atoms with Crippen LogP contribution in [0, 0.1) is 11.3 Å². The molecule has 2 fully saturated rings. The van der Waals surface area contributed by atoms with Crippen molar-refractivity contribution in [1.29, 1.82) is 0 Å². The molecule has 0 spiro atoms. The van der Waals surface area contributed by atoms with Crippen LogP contribution in [0.2, 0.25) is 0 Å². The highest BCUT2D eigenvalue weighted by Crippen LogP contribution is 2.38. The lowest BCUT2D eigenvalue weighted by atomic mass is 9.84. The van der Waals surface area contributed by atoms with Crippen LogP contribution in [0.5, 0.6) is 0 Å². The van der Waals surface area contributed by atoms with Gasteiger partial charge in [-0.15, -0.1) is 0 Å². The molecule has 2 aliphatic rings. The number of piperazine rings is 1. The Balaban J connectivity index is 1.74. The highest BCUT2D eigenvalue weighted by atomic mass is 79.9. The van der Waals surface area contributed by atoms with Gasteiger partial charge in [0.05, 0.1) is 0 Å². The van der Waals surface area contributed by atoms with Crippen LogP contribution in [0.25, 0.3) is 0 Å². The normalized spacial score (nSPS) is 27.8. The van der Waals surface area contributed by atoms with E-state index in [1.807, 2.05) is 0 Å². The second kappa shape index (κ2) is 6.02. The third-order valence-corrected chi connectivity index (χ3v) is 5.44. The number of rotatable bonds is 3. The molecule has 0 bridgehead atoms. The van der Waals surface area contributed by atoms with Crippen molar-refractivity contribution >= 4 is 15.9 Å². The van der Waals surface area contributed by atoms with E-state index in [2.05, 4.69) is 71.2 Å². The summed E-state index contributed by atoms with van der Waals surface area (Å²) in [5.41, 5.74) is 1.74. The average molecular weight is 351 g/mol. The third-order valence-electron chi connectivity index (χ3n) is 4.95.